The van der Waals surface area contributed by atoms with Crippen LogP contribution in [0.2, 0.25) is 0 Å². The van der Waals surface area contributed by atoms with Gasteiger partial charge in [0, 0.05) is 25.0 Å². The fraction of sp³-hybridized carbons (Fsp3) is 0.538. The van der Waals surface area contributed by atoms with Crippen molar-refractivity contribution in [1.29, 1.82) is 0 Å². The largest absolute Gasteiger partial charge is 0.459 e. The molecule has 0 radical (unpaired) electrons. The summed E-state index contributed by atoms with van der Waals surface area (Å²) in [6.45, 7) is 0.285. The third kappa shape index (κ3) is 4.18. The Labute approximate surface area is 115 Å². The summed E-state index contributed by atoms with van der Waals surface area (Å²) in [5.74, 6) is -1.48. The standard InChI is InChI=1S/C13H15NO6/c15-8-1-2-9(5-8)19-12(17)3-4-13(18)20-10-6-11(16)14-7-10/h3-4,9-10H,1-2,5-7H2,(H,14,16)/b4-3+. The molecule has 1 saturated carbocycles. The molecule has 1 heterocycles. The zero-order valence-electron chi connectivity index (χ0n) is 10.8. The van der Waals surface area contributed by atoms with Crippen LogP contribution in [-0.2, 0) is 28.7 Å². The number of amides is 1. The first kappa shape index (κ1) is 14.2. The SMILES string of the molecule is O=C1CCC(OC(=O)/C=C/C(=O)OC2CNC(=O)C2)C1. The van der Waals surface area contributed by atoms with E-state index in [0.29, 0.717) is 12.8 Å². The van der Waals surface area contributed by atoms with Crippen LogP contribution in [0.3, 0.4) is 0 Å². The number of esters is 2. The van der Waals surface area contributed by atoms with E-state index < -0.39 is 24.1 Å². The quantitative estimate of drug-likeness (QED) is 0.558. The summed E-state index contributed by atoms with van der Waals surface area (Å²) < 4.78 is 9.95. The third-order valence-electron chi connectivity index (χ3n) is 3.06. The van der Waals surface area contributed by atoms with E-state index in [2.05, 4.69) is 5.32 Å². The van der Waals surface area contributed by atoms with Crippen molar-refractivity contribution in [1.82, 2.24) is 5.32 Å². The Morgan fingerprint density at radius 2 is 1.70 bits per heavy atom. The van der Waals surface area contributed by atoms with Gasteiger partial charge in [0.1, 0.15) is 18.0 Å². The summed E-state index contributed by atoms with van der Waals surface area (Å²) in [6.07, 6.45) is 2.35. The lowest BCUT2D eigenvalue weighted by molar-refractivity contribution is -0.145. The smallest absolute Gasteiger partial charge is 0.331 e. The van der Waals surface area contributed by atoms with Gasteiger partial charge in [0.25, 0.3) is 0 Å². The van der Waals surface area contributed by atoms with Crippen LogP contribution in [-0.4, -0.2) is 42.4 Å². The first-order chi connectivity index (χ1) is 9.52. The van der Waals surface area contributed by atoms with E-state index in [1.807, 2.05) is 0 Å². The minimum absolute atomic E-state index is 0.0737. The van der Waals surface area contributed by atoms with Crippen LogP contribution in [0.4, 0.5) is 0 Å². The van der Waals surface area contributed by atoms with Crippen molar-refractivity contribution in [2.45, 2.75) is 37.9 Å². The van der Waals surface area contributed by atoms with E-state index in [9.17, 15) is 19.2 Å². The van der Waals surface area contributed by atoms with E-state index in [-0.39, 0.29) is 31.1 Å². The molecule has 2 rings (SSSR count). The second kappa shape index (κ2) is 6.31. The Morgan fingerprint density at radius 1 is 1.05 bits per heavy atom. The molecule has 1 amide bonds. The van der Waals surface area contributed by atoms with E-state index in [0.717, 1.165) is 12.2 Å². The number of hydrogen-bond donors (Lipinski definition) is 1. The number of carbonyl (C=O) groups excluding carboxylic acids is 4. The van der Waals surface area contributed by atoms with Crippen LogP contribution >= 0.6 is 0 Å². The minimum Gasteiger partial charge on any atom is -0.459 e. The molecule has 7 heteroatoms. The van der Waals surface area contributed by atoms with Gasteiger partial charge in [0.2, 0.25) is 5.91 Å². The van der Waals surface area contributed by atoms with Gasteiger partial charge in [-0.25, -0.2) is 9.59 Å². The number of carbonyl (C=O) groups is 4. The summed E-state index contributed by atoms with van der Waals surface area (Å²) in [5, 5.41) is 2.53. The van der Waals surface area contributed by atoms with E-state index in [1.54, 1.807) is 0 Å². The van der Waals surface area contributed by atoms with Crippen LogP contribution in [0.5, 0.6) is 0 Å². The Balaban J connectivity index is 1.71. The van der Waals surface area contributed by atoms with Crippen molar-refractivity contribution in [3.63, 3.8) is 0 Å². The lowest BCUT2D eigenvalue weighted by Gasteiger charge is -2.08. The summed E-state index contributed by atoms with van der Waals surface area (Å²) in [5.41, 5.74) is 0. The van der Waals surface area contributed by atoms with Crippen molar-refractivity contribution in [3.05, 3.63) is 12.2 Å². The molecular formula is C13H15NO6. The lowest BCUT2D eigenvalue weighted by Crippen LogP contribution is -2.20. The maximum Gasteiger partial charge on any atom is 0.331 e. The normalized spacial score (nSPS) is 25.8. The molecule has 0 aromatic rings. The van der Waals surface area contributed by atoms with Gasteiger partial charge in [-0.3, -0.25) is 9.59 Å². The number of hydrogen-bond acceptors (Lipinski definition) is 6. The van der Waals surface area contributed by atoms with Gasteiger partial charge in [-0.05, 0) is 6.42 Å². The van der Waals surface area contributed by atoms with Crippen molar-refractivity contribution in [3.8, 4) is 0 Å². The van der Waals surface area contributed by atoms with Crippen molar-refractivity contribution >= 4 is 23.6 Å². The molecule has 108 valence electrons. The molecule has 1 aliphatic heterocycles. The molecule has 2 atom stereocenters. The predicted octanol–water partition coefficient (Wildman–Crippen LogP) is -0.361. The van der Waals surface area contributed by atoms with Gasteiger partial charge in [-0.15, -0.1) is 0 Å². The molecule has 0 aromatic heterocycles. The molecule has 2 fully saturated rings. The highest BCUT2D eigenvalue weighted by molar-refractivity contribution is 5.92. The summed E-state index contributed by atoms with van der Waals surface area (Å²) >= 11 is 0. The van der Waals surface area contributed by atoms with Crippen LogP contribution < -0.4 is 5.32 Å². The van der Waals surface area contributed by atoms with E-state index in [1.165, 1.54) is 0 Å². The fourth-order valence-electron chi connectivity index (χ4n) is 2.09. The number of Topliss-reactive ketones (excluding diaryl/α,β-unsaturated/α-hetero) is 1. The predicted molar refractivity (Wildman–Crippen MR) is 65.4 cm³/mol. The fourth-order valence-corrected chi connectivity index (χ4v) is 2.09. The van der Waals surface area contributed by atoms with Crippen molar-refractivity contribution in [2.75, 3.05) is 6.54 Å². The molecule has 1 N–H and O–H groups in total. The van der Waals surface area contributed by atoms with Gasteiger partial charge >= 0.3 is 11.9 Å². The van der Waals surface area contributed by atoms with Gasteiger partial charge in [0.15, 0.2) is 0 Å². The molecule has 0 spiro atoms. The van der Waals surface area contributed by atoms with Crippen molar-refractivity contribution < 1.29 is 28.7 Å². The maximum absolute atomic E-state index is 11.4. The molecule has 0 bridgehead atoms. The van der Waals surface area contributed by atoms with Gasteiger partial charge in [-0.1, -0.05) is 0 Å². The molecular weight excluding hydrogens is 266 g/mol. The molecule has 1 saturated heterocycles. The third-order valence-corrected chi connectivity index (χ3v) is 3.06. The molecule has 0 aromatic carbocycles. The molecule has 2 aliphatic rings. The Morgan fingerprint density at radius 3 is 2.20 bits per heavy atom. The molecule has 20 heavy (non-hydrogen) atoms. The van der Waals surface area contributed by atoms with E-state index in [4.69, 9.17) is 9.47 Å². The number of nitrogens with one attached hydrogen (secondary N) is 1. The maximum atomic E-state index is 11.4. The van der Waals surface area contributed by atoms with Crippen LogP contribution in [0, 0.1) is 0 Å². The summed E-state index contributed by atoms with van der Waals surface area (Å²) in [4.78, 5) is 44.7. The number of rotatable bonds is 4. The van der Waals surface area contributed by atoms with Gasteiger partial charge in [0.05, 0.1) is 13.0 Å². The van der Waals surface area contributed by atoms with E-state index >= 15 is 0 Å². The number of ether oxygens (including phenoxy) is 2. The summed E-state index contributed by atoms with van der Waals surface area (Å²) in [7, 11) is 0. The number of ketones is 1. The molecule has 2 unspecified atom stereocenters. The van der Waals surface area contributed by atoms with Crippen LogP contribution in [0.25, 0.3) is 0 Å². The topological polar surface area (TPSA) is 98.8 Å². The average Bonchev–Trinajstić information content (AvgIpc) is 2.96. The van der Waals surface area contributed by atoms with Crippen LogP contribution in [0.1, 0.15) is 25.7 Å². The highest BCUT2D eigenvalue weighted by atomic mass is 16.5. The van der Waals surface area contributed by atoms with Crippen molar-refractivity contribution in [2.24, 2.45) is 0 Å². The van der Waals surface area contributed by atoms with Gasteiger partial charge < -0.3 is 14.8 Å². The zero-order valence-corrected chi connectivity index (χ0v) is 10.8. The average molecular weight is 281 g/mol. The first-order valence-electron chi connectivity index (χ1n) is 6.40. The van der Waals surface area contributed by atoms with Gasteiger partial charge in [-0.2, -0.15) is 0 Å². The Kier molecular flexibility index (Phi) is 4.49. The second-order valence-corrected chi connectivity index (χ2v) is 4.74. The minimum atomic E-state index is -0.703. The zero-order chi connectivity index (χ0) is 14.5. The Bertz CT molecular complexity index is 427. The first-order valence-corrected chi connectivity index (χ1v) is 6.40. The summed E-state index contributed by atoms with van der Waals surface area (Å²) in [6, 6.07) is 0. The second-order valence-electron chi connectivity index (χ2n) is 4.74. The van der Waals surface area contributed by atoms with Crippen LogP contribution in [0.15, 0.2) is 12.2 Å². The monoisotopic (exact) mass is 281 g/mol. The Hall–Kier alpha value is -2.18. The molecule has 1 aliphatic carbocycles. The highest BCUT2D eigenvalue weighted by Gasteiger charge is 2.25. The highest BCUT2D eigenvalue weighted by Crippen LogP contribution is 2.18. The molecule has 7 nitrogen and oxygen atoms in total. The lowest BCUT2D eigenvalue weighted by atomic mass is 10.3.